The van der Waals surface area contributed by atoms with Crippen LogP contribution in [0.3, 0.4) is 0 Å². The summed E-state index contributed by atoms with van der Waals surface area (Å²) in [6.07, 6.45) is -0.0928. The first kappa shape index (κ1) is 19.7. The molecule has 0 aliphatic heterocycles. The highest BCUT2D eigenvalue weighted by Crippen LogP contribution is 2.34. The van der Waals surface area contributed by atoms with Crippen molar-refractivity contribution in [2.24, 2.45) is 0 Å². The summed E-state index contributed by atoms with van der Waals surface area (Å²) in [5.74, 6) is -1.99. The number of nitrogens with zero attached hydrogens (tertiary/aromatic N) is 1. The van der Waals surface area contributed by atoms with Crippen LogP contribution in [0.25, 0.3) is 0 Å². The lowest BCUT2D eigenvalue weighted by molar-refractivity contribution is -0.385. The van der Waals surface area contributed by atoms with Gasteiger partial charge in [-0.25, -0.2) is 4.79 Å². The first-order valence-corrected chi connectivity index (χ1v) is 7.84. The number of esters is 1. The van der Waals surface area contributed by atoms with Crippen LogP contribution in [0.4, 0.5) is 5.69 Å². The quantitative estimate of drug-likeness (QED) is 0.403. The first-order valence-electron chi connectivity index (χ1n) is 7.84. The van der Waals surface area contributed by atoms with Crippen molar-refractivity contribution in [2.75, 3.05) is 13.7 Å². The molecule has 9 nitrogen and oxygen atoms in total. The fourth-order valence-electron chi connectivity index (χ4n) is 2.20. The second-order valence-corrected chi connectivity index (χ2v) is 5.33. The van der Waals surface area contributed by atoms with Gasteiger partial charge < -0.3 is 19.3 Å². The Bertz CT molecular complexity index is 835. The van der Waals surface area contributed by atoms with Crippen LogP contribution in [0.1, 0.15) is 22.3 Å². The maximum atomic E-state index is 11.8. The zero-order valence-electron chi connectivity index (χ0n) is 14.4. The van der Waals surface area contributed by atoms with Gasteiger partial charge >= 0.3 is 11.9 Å². The highest BCUT2D eigenvalue weighted by molar-refractivity contribution is 5.93. The minimum atomic E-state index is -1.46. The molecule has 27 heavy (non-hydrogen) atoms. The van der Waals surface area contributed by atoms with Crippen molar-refractivity contribution in [3.8, 4) is 11.5 Å². The molecule has 0 saturated carbocycles. The predicted octanol–water partition coefficient (Wildman–Crippen LogP) is 2.81. The summed E-state index contributed by atoms with van der Waals surface area (Å²) in [5, 5.41) is 20.1. The number of benzene rings is 2. The molecule has 0 atom stereocenters. The Kier molecular flexibility index (Phi) is 6.70. The molecule has 2 aromatic carbocycles. The van der Waals surface area contributed by atoms with Gasteiger partial charge in [0.25, 0.3) is 5.69 Å². The maximum Gasteiger partial charge on any atom is 0.342 e. The summed E-state index contributed by atoms with van der Waals surface area (Å²) in [7, 11) is 1.27. The van der Waals surface area contributed by atoms with E-state index in [0.717, 1.165) is 17.7 Å². The summed E-state index contributed by atoms with van der Waals surface area (Å²) in [4.78, 5) is 33.1. The molecular formula is C18H17NO8. The number of methoxy groups -OCH3 is 1. The minimum absolute atomic E-state index is 0.00986. The van der Waals surface area contributed by atoms with E-state index >= 15 is 0 Å². The third-order valence-electron chi connectivity index (χ3n) is 3.52. The number of rotatable bonds is 9. The van der Waals surface area contributed by atoms with Gasteiger partial charge in [-0.2, -0.15) is 0 Å². The molecule has 9 heteroatoms. The van der Waals surface area contributed by atoms with Crippen molar-refractivity contribution in [3.63, 3.8) is 0 Å². The van der Waals surface area contributed by atoms with Gasteiger partial charge in [0.1, 0.15) is 12.2 Å². The van der Waals surface area contributed by atoms with Gasteiger partial charge in [-0.05, 0) is 5.56 Å². The highest BCUT2D eigenvalue weighted by atomic mass is 16.6. The molecular weight excluding hydrogens is 358 g/mol. The molecule has 2 aromatic rings. The molecule has 0 heterocycles. The predicted molar refractivity (Wildman–Crippen MR) is 93.0 cm³/mol. The van der Waals surface area contributed by atoms with Crippen LogP contribution >= 0.6 is 0 Å². The van der Waals surface area contributed by atoms with Gasteiger partial charge in [-0.3, -0.25) is 14.9 Å². The monoisotopic (exact) mass is 375 g/mol. The van der Waals surface area contributed by atoms with Crippen molar-refractivity contribution in [2.45, 2.75) is 13.0 Å². The molecule has 0 aliphatic rings. The van der Waals surface area contributed by atoms with Gasteiger partial charge in [-0.15, -0.1) is 0 Å². The van der Waals surface area contributed by atoms with Crippen LogP contribution in [0.2, 0.25) is 0 Å². The Morgan fingerprint density at radius 1 is 1.15 bits per heavy atom. The van der Waals surface area contributed by atoms with Gasteiger partial charge in [0.15, 0.2) is 11.5 Å². The van der Waals surface area contributed by atoms with Gasteiger partial charge in [0, 0.05) is 6.07 Å². The molecule has 2 rings (SSSR count). The van der Waals surface area contributed by atoms with Crippen LogP contribution in [0, 0.1) is 10.1 Å². The first-order chi connectivity index (χ1) is 12.9. The van der Waals surface area contributed by atoms with Crippen LogP contribution < -0.4 is 9.47 Å². The molecule has 1 N–H and O–H groups in total. The number of nitro benzene ring substituents is 1. The van der Waals surface area contributed by atoms with E-state index in [1.165, 1.54) is 7.11 Å². The average Bonchev–Trinajstić information content (AvgIpc) is 2.66. The van der Waals surface area contributed by atoms with E-state index in [2.05, 4.69) is 0 Å². The van der Waals surface area contributed by atoms with Crippen molar-refractivity contribution < 1.29 is 33.8 Å². The second-order valence-electron chi connectivity index (χ2n) is 5.33. The van der Waals surface area contributed by atoms with Crippen LogP contribution in [0.5, 0.6) is 11.5 Å². The number of carboxylic acids is 1. The molecule has 0 aromatic heterocycles. The van der Waals surface area contributed by atoms with E-state index in [4.69, 9.17) is 19.3 Å². The Balaban J connectivity index is 1.98. The summed E-state index contributed by atoms with van der Waals surface area (Å²) < 4.78 is 15.5. The number of nitro groups is 1. The van der Waals surface area contributed by atoms with E-state index in [9.17, 15) is 19.7 Å². The Morgan fingerprint density at radius 3 is 2.44 bits per heavy atom. The molecule has 0 bridgehead atoms. The third kappa shape index (κ3) is 5.43. The van der Waals surface area contributed by atoms with Gasteiger partial charge in [-0.1, -0.05) is 30.3 Å². The number of ether oxygens (including phenoxy) is 3. The summed E-state index contributed by atoms with van der Waals surface area (Å²) in [6.45, 7) is 0.00926. The van der Waals surface area contributed by atoms with E-state index in [-0.39, 0.29) is 31.1 Å². The van der Waals surface area contributed by atoms with Gasteiger partial charge in [0.2, 0.25) is 0 Å². The lowest BCUT2D eigenvalue weighted by Gasteiger charge is -2.11. The topological polar surface area (TPSA) is 125 Å². The zero-order valence-corrected chi connectivity index (χ0v) is 14.4. The van der Waals surface area contributed by atoms with Crippen molar-refractivity contribution in [1.82, 2.24) is 0 Å². The standard InChI is InChI=1S/C18H17NO8/c1-25-15-9-13(18(21)22)14(19(23)24)10-16(15)26-8-7-17(20)27-11-12-5-3-2-4-6-12/h2-6,9-10H,7-8,11H2,1H3,(H,21,22). The number of carbonyl (C=O) groups excluding carboxylic acids is 1. The summed E-state index contributed by atoms with van der Waals surface area (Å²) in [6, 6.07) is 11.1. The van der Waals surface area contributed by atoms with E-state index in [0.29, 0.717) is 0 Å². The van der Waals surface area contributed by atoms with Crippen LogP contribution in [0.15, 0.2) is 42.5 Å². The molecule has 0 fully saturated rings. The fraction of sp³-hybridized carbons (Fsp3) is 0.222. The van der Waals surface area contributed by atoms with E-state index in [1.54, 1.807) is 0 Å². The highest BCUT2D eigenvalue weighted by Gasteiger charge is 2.24. The molecule has 0 spiro atoms. The third-order valence-corrected chi connectivity index (χ3v) is 3.52. The van der Waals surface area contributed by atoms with Crippen molar-refractivity contribution in [3.05, 3.63) is 63.7 Å². The zero-order chi connectivity index (χ0) is 19.8. The number of hydrogen-bond acceptors (Lipinski definition) is 7. The molecule has 0 radical (unpaired) electrons. The fourth-order valence-corrected chi connectivity index (χ4v) is 2.20. The van der Waals surface area contributed by atoms with Crippen LogP contribution in [-0.4, -0.2) is 35.7 Å². The minimum Gasteiger partial charge on any atom is -0.493 e. The Hall–Kier alpha value is -3.62. The van der Waals surface area contributed by atoms with E-state index in [1.807, 2.05) is 30.3 Å². The summed E-state index contributed by atoms with van der Waals surface area (Å²) in [5.41, 5.74) is -0.315. The Morgan fingerprint density at radius 2 is 1.85 bits per heavy atom. The summed E-state index contributed by atoms with van der Waals surface area (Å²) >= 11 is 0. The number of carboxylic acid groups (broad SMARTS) is 1. The number of carbonyl (C=O) groups is 2. The lowest BCUT2D eigenvalue weighted by atomic mass is 10.1. The number of hydrogen-bond donors (Lipinski definition) is 1. The smallest absolute Gasteiger partial charge is 0.342 e. The Labute approximate surface area is 154 Å². The average molecular weight is 375 g/mol. The normalized spacial score (nSPS) is 10.1. The second kappa shape index (κ2) is 9.18. The molecule has 0 aliphatic carbocycles. The SMILES string of the molecule is COc1cc(C(=O)O)c([N+](=O)[O-])cc1OCCC(=O)OCc1ccccc1. The maximum absolute atomic E-state index is 11.8. The number of aromatic carboxylic acids is 1. The van der Waals surface area contributed by atoms with Crippen LogP contribution in [-0.2, 0) is 16.1 Å². The van der Waals surface area contributed by atoms with E-state index < -0.39 is 28.1 Å². The van der Waals surface area contributed by atoms with Crippen molar-refractivity contribution in [1.29, 1.82) is 0 Å². The van der Waals surface area contributed by atoms with Gasteiger partial charge in [0.05, 0.1) is 31.1 Å². The lowest BCUT2D eigenvalue weighted by Crippen LogP contribution is -2.11. The van der Waals surface area contributed by atoms with Crippen molar-refractivity contribution >= 4 is 17.6 Å². The molecule has 0 amide bonds. The molecule has 0 saturated heterocycles. The molecule has 142 valence electrons. The largest absolute Gasteiger partial charge is 0.493 e. The molecule has 0 unspecified atom stereocenters.